The molecule has 0 spiro atoms. The zero-order valence-electron chi connectivity index (χ0n) is 17.8. The predicted octanol–water partition coefficient (Wildman–Crippen LogP) is -0.0246. The first kappa shape index (κ1) is 22.1. The number of halogens is 2. The van der Waals surface area contributed by atoms with Crippen LogP contribution in [0.25, 0.3) is 5.70 Å². The summed E-state index contributed by atoms with van der Waals surface area (Å²) in [4.78, 5) is 20.8. The second-order valence-corrected chi connectivity index (χ2v) is 8.09. The summed E-state index contributed by atoms with van der Waals surface area (Å²) in [6, 6.07) is 11.0. The molecule has 0 amide bonds. The minimum absolute atomic E-state index is 0.0220. The zero-order valence-corrected chi connectivity index (χ0v) is 17.8. The van der Waals surface area contributed by atoms with E-state index in [1.165, 1.54) is 12.3 Å². The van der Waals surface area contributed by atoms with Crippen molar-refractivity contribution in [1.29, 1.82) is 0 Å². The summed E-state index contributed by atoms with van der Waals surface area (Å²) < 4.78 is 35.8. The molecule has 32 heavy (non-hydrogen) atoms. The fourth-order valence-corrected chi connectivity index (χ4v) is 4.30. The third-order valence-electron chi connectivity index (χ3n) is 5.88. The molecule has 2 atom stereocenters. The zero-order chi connectivity index (χ0) is 22.9. The number of ether oxygens (including phenoxy) is 1. The summed E-state index contributed by atoms with van der Waals surface area (Å²) in [6.45, 7) is 1.51. The summed E-state index contributed by atoms with van der Waals surface area (Å²) in [7, 11) is 1.83. The Hall–Kier alpha value is -3.11. The topological polar surface area (TPSA) is 113 Å². The fraction of sp³-hybridized carbons (Fsp3) is 0.409. The Kier molecular flexibility index (Phi) is 6.07. The average Bonchev–Trinajstić information content (AvgIpc) is 3.07. The van der Waals surface area contributed by atoms with E-state index in [-0.39, 0.29) is 5.82 Å². The van der Waals surface area contributed by atoms with Crippen molar-refractivity contribution < 1.29 is 18.5 Å². The molecule has 2 aromatic rings. The summed E-state index contributed by atoms with van der Waals surface area (Å²) in [5.74, 6) is -3.22. The van der Waals surface area contributed by atoms with Crippen LogP contribution in [0.15, 0.2) is 53.0 Å². The molecule has 0 saturated carbocycles. The van der Waals surface area contributed by atoms with Gasteiger partial charge in [0.15, 0.2) is 5.71 Å². The lowest BCUT2D eigenvalue weighted by molar-refractivity contribution is -0.421. The highest BCUT2D eigenvalue weighted by atomic mass is 19.3. The number of nitrogens with zero attached hydrogens (tertiary/aromatic N) is 3. The van der Waals surface area contributed by atoms with E-state index in [2.05, 4.69) is 14.9 Å². The van der Waals surface area contributed by atoms with Gasteiger partial charge in [0.25, 0.3) is 5.92 Å². The first-order valence-electron chi connectivity index (χ1n) is 10.5. The van der Waals surface area contributed by atoms with Gasteiger partial charge in [0.2, 0.25) is 6.23 Å². The molecule has 10 heteroatoms. The Bertz CT molecular complexity index is 1100. The van der Waals surface area contributed by atoms with E-state index in [1.54, 1.807) is 0 Å². The molecule has 0 unspecified atom stereocenters. The maximum atomic E-state index is 14.7. The number of benzene rings is 1. The lowest BCUT2D eigenvalue weighted by atomic mass is 9.95. The normalized spacial score (nSPS) is 26.4. The Balaban J connectivity index is 1.46. The lowest BCUT2D eigenvalue weighted by Gasteiger charge is -2.29. The van der Waals surface area contributed by atoms with Crippen LogP contribution >= 0.6 is 0 Å². The van der Waals surface area contributed by atoms with Crippen LogP contribution in [-0.4, -0.2) is 58.9 Å². The molecule has 8 nitrogen and oxygen atoms in total. The fourth-order valence-electron chi connectivity index (χ4n) is 4.30. The number of aromatic nitrogens is 2. The number of nitrogen functional groups attached to an aromatic ring is 1. The van der Waals surface area contributed by atoms with Gasteiger partial charge in [0.1, 0.15) is 12.9 Å². The Morgan fingerprint density at radius 1 is 1.31 bits per heavy atom. The number of hydrogen-bond donors (Lipinski definition) is 3. The molecular weight excluding hydrogens is 418 g/mol. The van der Waals surface area contributed by atoms with Crippen LogP contribution in [0, 0.1) is 0 Å². The Labute approximate surface area is 184 Å². The van der Waals surface area contributed by atoms with Gasteiger partial charge in [0, 0.05) is 37.0 Å². The van der Waals surface area contributed by atoms with Crippen LogP contribution in [0.5, 0.6) is 0 Å². The van der Waals surface area contributed by atoms with E-state index < -0.39 is 30.4 Å². The van der Waals surface area contributed by atoms with Gasteiger partial charge in [-0.1, -0.05) is 30.3 Å². The summed E-state index contributed by atoms with van der Waals surface area (Å²) >= 11 is 0. The predicted molar refractivity (Wildman–Crippen MR) is 117 cm³/mol. The second-order valence-electron chi connectivity index (χ2n) is 8.09. The SMILES string of the molecule is C[NH+]=C1CN(C[C@@H]2CC(F)(F)[C@H](n3ccc(N)nc3=O)O2)CCC1=C(N)c1ccccc1. The molecule has 0 aliphatic carbocycles. The van der Waals surface area contributed by atoms with E-state index in [1.807, 2.05) is 37.4 Å². The highest BCUT2D eigenvalue weighted by Gasteiger charge is 2.52. The van der Waals surface area contributed by atoms with Crippen molar-refractivity contribution >= 4 is 17.2 Å². The van der Waals surface area contributed by atoms with Gasteiger partial charge in [-0.3, -0.25) is 9.47 Å². The monoisotopic (exact) mass is 445 g/mol. The van der Waals surface area contributed by atoms with Crippen LogP contribution in [0.1, 0.15) is 24.6 Å². The molecule has 0 radical (unpaired) electrons. The van der Waals surface area contributed by atoms with Gasteiger partial charge in [-0.2, -0.15) is 4.98 Å². The third kappa shape index (κ3) is 4.42. The summed E-state index contributed by atoms with van der Waals surface area (Å²) in [5, 5.41) is 0. The van der Waals surface area contributed by atoms with Crippen molar-refractivity contribution in [3.8, 4) is 0 Å². The molecule has 2 fully saturated rings. The number of piperidine rings is 1. The van der Waals surface area contributed by atoms with Gasteiger partial charge in [0.05, 0.1) is 12.6 Å². The number of nitrogens with two attached hydrogens (primary N) is 2. The van der Waals surface area contributed by atoms with Gasteiger partial charge < -0.3 is 16.2 Å². The average molecular weight is 445 g/mol. The molecule has 170 valence electrons. The molecule has 2 aliphatic heterocycles. The van der Waals surface area contributed by atoms with Crippen molar-refractivity contribution in [3.05, 3.63) is 64.2 Å². The van der Waals surface area contributed by atoms with Crippen molar-refractivity contribution in [2.24, 2.45) is 5.73 Å². The highest BCUT2D eigenvalue weighted by Crippen LogP contribution is 2.42. The number of rotatable bonds is 4. The second kappa shape index (κ2) is 8.79. The maximum absolute atomic E-state index is 14.7. The van der Waals surface area contributed by atoms with Crippen molar-refractivity contribution in [3.63, 3.8) is 0 Å². The van der Waals surface area contributed by atoms with Crippen LogP contribution in [0.4, 0.5) is 14.6 Å². The first-order chi connectivity index (χ1) is 15.3. The Morgan fingerprint density at radius 2 is 2.06 bits per heavy atom. The van der Waals surface area contributed by atoms with E-state index in [0.29, 0.717) is 31.8 Å². The summed E-state index contributed by atoms with van der Waals surface area (Å²) in [5.41, 5.74) is 14.7. The molecular formula is C22H27F2N6O2+. The Morgan fingerprint density at radius 3 is 2.75 bits per heavy atom. The van der Waals surface area contributed by atoms with Gasteiger partial charge in [-0.25, -0.2) is 18.6 Å². The van der Waals surface area contributed by atoms with Crippen molar-refractivity contribution in [1.82, 2.24) is 14.5 Å². The molecule has 2 saturated heterocycles. The van der Waals surface area contributed by atoms with Crippen LogP contribution in [0.3, 0.4) is 0 Å². The largest absolute Gasteiger partial charge is 0.398 e. The molecule has 3 heterocycles. The van der Waals surface area contributed by atoms with E-state index in [9.17, 15) is 13.6 Å². The number of likely N-dealkylation sites (tertiary alicyclic amines) is 1. The number of hydrogen-bond acceptors (Lipinski definition) is 6. The lowest BCUT2D eigenvalue weighted by Crippen LogP contribution is -2.71. The van der Waals surface area contributed by atoms with Crippen LogP contribution < -0.4 is 22.1 Å². The first-order valence-corrected chi connectivity index (χ1v) is 10.5. The minimum atomic E-state index is -3.19. The van der Waals surface area contributed by atoms with Gasteiger partial charge in [-0.15, -0.1) is 0 Å². The minimum Gasteiger partial charge on any atom is -0.398 e. The van der Waals surface area contributed by atoms with E-state index >= 15 is 0 Å². The van der Waals surface area contributed by atoms with Gasteiger partial charge >= 0.3 is 5.69 Å². The molecule has 0 bridgehead atoms. The molecule has 2 aliphatic rings. The number of nitrogens with one attached hydrogen (secondary N) is 1. The number of anilines is 1. The quantitative estimate of drug-likeness (QED) is 0.610. The third-order valence-corrected chi connectivity index (χ3v) is 5.88. The number of alkyl halides is 2. The molecule has 5 N–H and O–H groups in total. The molecule has 1 aromatic heterocycles. The molecule has 4 rings (SSSR count). The van der Waals surface area contributed by atoms with E-state index in [4.69, 9.17) is 16.2 Å². The van der Waals surface area contributed by atoms with Gasteiger partial charge in [-0.05, 0) is 18.1 Å². The summed E-state index contributed by atoms with van der Waals surface area (Å²) in [6.07, 6.45) is -1.02. The standard InChI is InChI=1S/C22H26F2N6O2/c1-27-17-13-29(9-7-16(17)19(26)14-5-3-2-4-6-14)12-15-11-22(23,24)20(32-15)30-10-8-18(25)28-21(30)31/h2-6,8,10,15,20H,7,9,11-13,26H2,1H3,(H2,25,28,31)/p+1/t15-,20+/m0/s1. The van der Waals surface area contributed by atoms with Crippen LogP contribution in [-0.2, 0) is 4.74 Å². The molecule has 1 aromatic carbocycles. The highest BCUT2D eigenvalue weighted by molar-refractivity contribution is 6.04. The maximum Gasteiger partial charge on any atom is 0.351 e. The van der Waals surface area contributed by atoms with Crippen LogP contribution in [0.2, 0.25) is 0 Å². The van der Waals surface area contributed by atoms with Crippen molar-refractivity contribution in [2.45, 2.75) is 31.1 Å². The van der Waals surface area contributed by atoms with Crippen molar-refractivity contribution in [2.75, 3.05) is 32.4 Å². The smallest absolute Gasteiger partial charge is 0.351 e. The van der Waals surface area contributed by atoms with E-state index in [0.717, 1.165) is 21.4 Å².